The highest BCUT2D eigenvalue weighted by molar-refractivity contribution is 14.1. The van der Waals surface area contributed by atoms with E-state index in [1.807, 2.05) is 18.2 Å². The molecule has 0 aliphatic rings. The number of nitrogens with zero attached hydrogens (tertiary/aromatic N) is 1. The Labute approximate surface area is 100 Å². The molecular formula is C11H8INO2. The summed E-state index contributed by atoms with van der Waals surface area (Å²) in [4.78, 5) is 15.3. The zero-order valence-electron chi connectivity index (χ0n) is 7.99. The maximum atomic E-state index is 11.0. The molecule has 0 atom stereocenters. The Bertz CT molecular complexity index is 552. The summed E-state index contributed by atoms with van der Waals surface area (Å²) in [5, 5.41) is 9.76. The lowest BCUT2D eigenvalue weighted by molar-refractivity contribution is 0.0699. The maximum absolute atomic E-state index is 11.0. The van der Waals surface area contributed by atoms with Crippen LogP contribution in [-0.4, -0.2) is 16.1 Å². The van der Waals surface area contributed by atoms with Gasteiger partial charge in [0.2, 0.25) is 0 Å². The van der Waals surface area contributed by atoms with Crippen molar-refractivity contribution < 1.29 is 9.90 Å². The zero-order chi connectivity index (χ0) is 11.0. The number of fused-ring (bicyclic) bond motifs is 1. The largest absolute Gasteiger partial charge is 0.478 e. The van der Waals surface area contributed by atoms with Crippen LogP contribution in [0.2, 0.25) is 0 Å². The zero-order valence-corrected chi connectivity index (χ0v) is 10.1. The molecule has 0 aliphatic carbocycles. The lowest BCUT2D eigenvalue weighted by atomic mass is 10.1. The fraction of sp³-hybridized carbons (Fsp3) is 0.0909. The summed E-state index contributed by atoms with van der Waals surface area (Å²) >= 11 is 2.16. The van der Waals surface area contributed by atoms with E-state index in [4.69, 9.17) is 5.11 Å². The van der Waals surface area contributed by atoms with Crippen molar-refractivity contribution in [2.45, 2.75) is 6.92 Å². The first kappa shape index (κ1) is 10.4. The van der Waals surface area contributed by atoms with Crippen LogP contribution in [0, 0.1) is 10.5 Å². The first-order valence-corrected chi connectivity index (χ1v) is 5.46. The molecule has 0 saturated carbocycles. The number of pyridine rings is 1. The van der Waals surface area contributed by atoms with Gasteiger partial charge in [0.1, 0.15) is 0 Å². The fourth-order valence-corrected chi connectivity index (χ4v) is 2.00. The van der Waals surface area contributed by atoms with Gasteiger partial charge in [-0.25, -0.2) is 4.79 Å². The molecule has 0 saturated heterocycles. The number of benzene rings is 1. The Hall–Kier alpha value is -1.17. The Balaban J connectivity index is 2.87. The van der Waals surface area contributed by atoms with Crippen LogP contribution in [0.1, 0.15) is 16.1 Å². The quantitative estimate of drug-likeness (QED) is 0.824. The van der Waals surface area contributed by atoms with Gasteiger partial charge in [0.25, 0.3) is 0 Å². The first-order chi connectivity index (χ1) is 7.08. The average Bonchev–Trinajstić information content (AvgIpc) is 2.17. The van der Waals surface area contributed by atoms with Crippen LogP contribution in [0.15, 0.2) is 24.3 Å². The third-order valence-corrected chi connectivity index (χ3v) is 2.80. The molecule has 1 aromatic carbocycles. The van der Waals surface area contributed by atoms with E-state index < -0.39 is 5.97 Å². The molecule has 2 rings (SSSR count). The summed E-state index contributed by atoms with van der Waals surface area (Å²) in [5.41, 5.74) is 1.77. The van der Waals surface area contributed by atoms with Crippen molar-refractivity contribution in [2.24, 2.45) is 0 Å². The minimum atomic E-state index is -0.910. The number of carbonyl (C=O) groups is 1. The maximum Gasteiger partial charge on any atom is 0.336 e. The van der Waals surface area contributed by atoms with Gasteiger partial charge in [0.15, 0.2) is 0 Å². The van der Waals surface area contributed by atoms with E-state index in [-0.39, 0.29) is 0 Å². The Morgan fingerprint density at radius 1 is 1.40 bits per heavy atom. The Kier molecular flexibility index (Phi) is 2.60. The Morgan fingerprint density at radius 3 is 2.80 bits per heavy atom. The second kappa shape index (κ2) is 3.77. The number of hydrogen-bond acceptors (Lipinski definition) is 2. The number of hydrogen-bond donors (Lipinski definition) is 1. The summed E-state index contributed by atoms with van der Waals surface area (Å²) in [6.07, 6.45) is 0. The van der Waals surface area contributed by atoms with Crippen LogP contribution in [0.5, 0.6) is 0 Å². The van der Waals surface area contributed by atoms with Gasteiger partial charge >= 0.3 is 5.97 Å². The van der Waals surface area contributed by atoms with Gasteiger partial charge in [0.05, 0.1) is 11.1 Å². The second-order valence-corrected chi connectivity index (χ2v) is 4.52. The molecule has 0 radical (unpaired) electrons. The highest BCUT2D eigenvalue weighted by atomic mass is 127. The van der Waals surface area contributed by atoms with Crippen LogP contribution in [0.3, 0.4) is 0 Å². The average molecular weight is 313 g/mol. The molecule has 4 heteroatoms. The van der Waals surface area contributed by atoms with E-state index in [1.165, 1.54) is 0 Å². The molecule has 0 unspecified atom stereocenters. The molecule has 0 amide bonds. The smallest absolute Gasteiger partial charge is 0.336 e. The highest BCUT2D eigenvalue weighted by Crippen LogP contribution is 2.20. The number of carboxylic acids is 1. The molecule has 0 spiro atoms. The first-order valence-electron chi connectivity index (χ1n) is 4.38. The highest BCUT2D eigenvalue weighted by Gasteiger charge is 2.10. The van der Waals surface area contributed by atoms with Crippen LogP contribution >= 0.6 is 22.6 Å². The van der Waals surface area contributed by atoms with Crippen LogP contribution in [0.25, 0.3) is 10.9 Å². The predicted octanol–water partition coefficient (Wildman–Crippen LogP) is 2.85. The molecule has 0 bridgehead atoms. The molecule has 76 valence electrons. The van der Waals surface area contributed by atoms with E-state index in [2.05, 4.69) is 27.6 Å². The number of carboxylic acid groups (broad SMARTS) is 1. The van der Waals surface area contributed by atoms with E-state index in [9.17, 15) is 4.79 Å². The third kappa shape index (κ3) is 1.94. The van der Waals surface area contributed by atoms with Gasteiger partial charge in [0, 0.05) is 14.7 Å². The molecule has 1 heterocycles. The summed E-state index contributed by atoms with van der Waals surface area (Å²) < 4.78 is 1.01. The number of aromatic nitrogens is 1. The fourth-order valence-electron chi connectivity index (χ4n) is 1.51. The summed E-state index contributed by atoms with van der Waals surface area (Å²) in [7, 11) is 0. The van der Waals surface area contributed by atoms with Crippen molar-refractivity contribution >= 4 is 39.5 Å². The molecule has 0 aliphatic heterocycles. The molecule has 0 fully saturated rings. The van der Waals surface area contributed by atoms with E-state index in [0.29, 0.717) is 10.9 Å². The van der Waals surface area contributed by atoms with Crippen LogP contribution in [-0.2, 0) is 0 Å². The number of halogens is 1. The normalized spacial score (nSPS) is 10.5. The molecule has 1 N–H and O–H groups in total. The van der Waals surface area contributed by atoms with Crippen molar-refractivity contribution in [1.29, 1.82) is 0 Å². The van der Waals surface area contributed by atoms with Crippen LogP contribution < -0.4 is 0 Å². The van der Waals surface area contributed by atoms with Crippen molar-refractivity contribution in [3.63, 3.8) is 0 Å². The topological polar surface area (TPSA) is 50.2 Å². The van der Waals surface area contributed by atoms with E-state index >= 15 is 0 Å². The molecule has 1 aromatic heterocycles. The minimum absolute atomic E-state index is 0.316. The Morgan fingerprint density at radius 2 is 2.13 bits per heavy atom. The van der Waals surface area contributed by atoms with Gasteiger partial charge in [-0.3, -0.25) is 4.98 Å². The monoisotopic (exact) mass is 313 g/mol. The SMILES string of the molecule is Cc1cc(C(=O)O)c2cc(I)ccc2n1. The summed E-state index contributed by atoms with van der Waals surface area (Å²) in [6, 6.07) is 7.20. The second-order valence-electron chi connectivity index (χ2n) is 3.28. The van der Waals surface area contributed by atoms with Gasteiger partial charge < -0.3 is 5.11 Å². The van der Waals surface area contributed by atoms with Crippen molar-refractivity contribution in [3.8, 4) is 0 Å². The third-order valence-electron chi connectivity index (χ3n) is 2.13. The molecular weight excluding hydrogens is 305 g/mol. The van der Waals surface area contributed by atoms with Crippen molar-refractivity contribution in [1.82, 2.24) is 4.98 Å². The summed E-state index contributed by atoms with van der Waals surface area (Å²) in [6.45, 7) is 1.80. The number of aryl methyl sites for hydroxylation is 1. The standard InChI is InChI=1S/C11H8INO2/c1-6-4-9(11(14)15)8-5-7(12)2-3-10(8)13-6/h2-5H,1H3,(H,14,15). The summed E-state index contributed by atoms with van der Waals surface area (Å²) in [5.74, 6) is -0.910. The van der Waals surface area contributed by atoms with Crippen molar-refractivity contribution in [3.05, 3.63) is 39.1 Å². The van der Waals surface area contributed by atoms with E-state index in [1.54, 1.807) is 13.0 Å². The lowest BCUT2D eigenvalue weighted by Crippen LogP contribution is -2.00. The predicted molar refractivity (Wildman–Crippen MR) is 66.2 cm³/mol. The molecule has 2 aromatic rings. The number of rotatable bonds is 1. The van der Waals surface area contributed by atoms with Gasteiger partial charge in [-0.1, -0.05) is 0 Å². The molecule has 15 heavy (non-hydrogen) atoms. The van der Waals surface area contributed by atoms with E-state index in [0.717, 1.165) is 14.8 Å². The van der Waals surface area contributed by atoms with Crippen molar-refractivity contribution in [2.75, 3.05) is 0 Å². The molecule has 3 nitrogen and oxygen atoms in total. The van der Waals surface area contributed by atoms with Gasteiger partial charge in [-0.05, 0) is 53.8 Å². The van der Waals surface area contributed by atoms with Crippen LogP contribution in [0.4, 0.5) is 0 Å². The van der Waals surface area contributed by atoms with Gasteiger partial charge in [-0.2, -0.15) is 0 Å². The minimum Gasteiger partial charge on any atom is -0.478 e. The lowest BCUT2D eigenvalue weighted by Gasteiger charge is -2.04. The van der Waals surface area contributed by atoms with Gasteiger partial charge in [-0.15, -0.1) is 0 Å². The number of aromatic carboxylic acids is 1.